The number of carbonyl (C=O) groups is 3. The lowest BCUT2D eigenvalue weighted by molar-refractivity contribution is -0.148. The van der Waals surface area contributed by atoms with Gasteiger partial charge >= 0.3 is 12.1 Å². The molecule has 0 aliphatic carbocycles. The van der Waals surface area contributed by atoms with Crippen LogP contribution in [-0.2, 0) is 14.3 Å². The molecule has 0 aromatic heterocycles. The molecule has 0 aromatic carbocycles. The van der Waals surface area contributed by atoms with Crippen molar-refractivity contribution in [1.82, 2.24) is 4.90 Å². The van der Waals surface area contributed by atoms with Crippen LogP contribution in [0.25, 0.3) is 0 Å². The summed E-state index contributed by atoms with van der Waals surface area (Å²) in [7, 11) is 0. The number of primary amides is 1. The molecule has 19 heavy (non-hydrogen) atoms. The first-order valence-electron chi connectivity index (χ1n) is 5.01. The van der Waals surface area contributed by atoms with Crippen molar-refractivity contribution >= 4 is 42.1 Å². The van der Waals surface area contributed by atoms with Gasteiger partial charge in [-0.3, -0.25) is 9.69 Å². The number of carboxylic acid groups (broad SMARTS) is 1. The van der Waals surface area contributed by atoms with Crippen LogP contribution in [0.1, 0.15) is 0 Å². The van der Waals surface area contributed by atoms with Gasteiger partial charge in [0.2, 0.25) is 5.91 Å². The number of carbonyl (C=O) groups excluding carboxylic acids is 2. The zero-order valence-corrected chi connectivity index (χ0v) is 11.2. The fourth-order valence-electron chi connectivity index (χ4n) is 1.85. The number of ether oxygens (including phenoxy) is 1. The van der Waals surface area contributed by atoms with Gasteiger partial charge in [0, 0.05) is 11.3 Å². The van der Waals surface area contributed by atoms with E-state index in [-0.39, 0.29) is 30.1 Å². The number of nitrogens with zero attached hydrogens (tertiary/aromatic N) is 1. The van der Waals surface area contributed by atoms with Gasteiger partial charge in [0.25, 0.3) is 0 Å². The third-order valence-corrected chi connectivity index (χ3v) is 4.04. The van der Waals surface area contributed by atoms with E-state index in [1.165, 1.54) is 11.8 Å². The average molecular weight is 310 g/mol. The van der Waals surface area contributed by atoms with Crippen molar-refractivity contribution in [2.24, 2.45) is 11.5 Å². The van der Waals surface area contributed by atoms with E-state index in [0.29, 0.717) is 11.3 Å². The Labute approximate surface area is 118 Å². The van der Waals surface area contributed by atoms with Crippen LogP contribution in [0.15, 0.2) is 11.3 Å². The van der Waals surface area contributed by atoms with Crippen molar-refractivity contribution in [3.05, 3.63) is 11.3 Å². The summed E-state index contributed by atoms with van der Waals surface area (Å²) in [6, 6.07) is -0.678. The number of nitrogens with two attached hydrogens (primary N) is 2. The molecular formula is C9H12ClN3O5S. The van der Waals surface area contributed by atoms with Gasteiger partial charge in [0.15, 0.2) is 0 Å². The maximum absolute atomic E-state index is 11.6. The fraction of sp³-hybridized carbons (Fsp3) is 0.444. The summed E-state index contributed by atoms with van der Waals surface area (Å²) in [6.07, 6.45) is -0.994. The van der Waals surface area contributed by atoms with Crippen molar-refractivity contribution in [3.63, 3.8) is 0 Å². The molecule has 0 bridgehead atoms. The van der Waals surface area contributed by atoms with Gasteiger partial charge in [-0.05, 0) is 0 Å². The smallest absolute Gasteiger partial charge is 0.404 e. The Kier molecular flexibility index (Phi) is 4.66. The summed E-state index contributed by atoms with van der Waals surface area (Å²) in [5.41, 5.74) is 10.6. The van der Waals surface area contributed by atoms with E-state index in [1.54, 1.807) is 0 Å². The van der Waals surface area contributed by atoms with Crippen LogP contribution in [0, 0.1) is 0 Å². The Morgan fingerprint density at radius 2 is 2.16 bits per heavy atom. The van der Waals surface area contributed by atoms with Gasteiger partial charge in [-0.15, -0.1) is 24.2 Å². The molecule has 5 N–H and O–H groups in total. The first-order valence-corrected chi connectivity index (χ1v) is 6.06. The summed E-state index contributed by atoms with van der Waals surface area (Å²) in [4.78, 5) is 34.4. The fourth-order valence-corrected chi connectivity index (χ4v) is 3.12. The number of hydrogen-bond acceptors (Lipinski definition) is 6. The molecule has 0 unspecified atom stereocenters. The van der Waals surface area contributed by atoms with Crippen LogP contribution in [0.3, 0.4) is 0 Å². The third-order valence-electron chi connectivity index (χ3n) is 2.68. The molecule has 2 atom stereocenters. The highest BCUT2D eigenvalue weighted by Gasteiger charge is 2.51. The Morgan fingerprint density at radius 1 is 1.53 bits per heavy atom. The molecule has 0 radical (unpaired) electrons. The molecule has 2 rings (SSSR count). The van der Waals surface area contributed by atoms with Crippen LogP contribution in [0.2, 0.25) is 0 Å². The number of hydrogen-bond donors (Lipinski definition) is 3. The molecule has 2 aliphatic rings. The van der Waals surface area contributed by atoms with E-state index in [9.17, 15) is 14.4 Å². The maximum atomic E-state index is 11.6. The number of amides is 2. The number of rotatable bonds is 3. The molecule has 10 heteroatoms. The number of β-lactam (4-membered cyclic amide) rings is 1. The van der Waals surface area contributed by atoms with E-state index in [2.05, 4.69) is 4.74 Å². The van der Waals surface area contributed by atoms with Crippen LogP contribution >= 0.6 is 24.2 Å². The summed E-state index contributed by atoms with van der Waals surface area (Å²) in [6.45, 7) is -0.240. The normalized spacial score (nSPS) is 25.1. The number of carboxylic acids is 1. The summed E-state index contributed by atoms with van der Waals surface area (Å²) < 4.78 is 4.57. The largest absolute Gasteiger partial charge is 0.477 e. The molecule has 2 amide bonds. The number of halogens is 1. The molecule has 0 aromatic rings. The van der Waals surface area contributed by atoms with Gasteiger partial charge < -0.3 is 21.3 Å². The minimum absolute atomic E-state index is 0. The van der Waals surface area contributed by atoms with Gasteiger partial charge in [-0.2, -0.15) is 0 Å². The van der Waals surface area contributed by atoms with Gasteiger partial charge in [0.1, 0.15) is 23.7 Å². The second-order valence-corrected chi connectivity index (χ2v) is 4.91. The number of fused-ring (bicyclic) bond motifs is 1. The first kappa shape index (κ1) is 15.6. The SMILES string of the molecule is Cl.NC(=O)OCC1=C(C(=O)O)N2C(=O)[C@@H](N)[C@H]2SC1. The minimum atomic E-state index is -1.25. The second kappa shape index (κ2) is 5.68. The highest BCUT2D eigenvalue weighted by molar-refractivity contribution is 8.00. The molecule has 1 saturated heterocycles. The van der Waals surface area contributed by atoms with Crippen LogP contribution in [0.4, 0.5) is 4.79 Å². The summed E-state index contributed by atoms with van der Waals surface area (Å²) in [5.74, 6) is -1.36. The van der Waals surface area contributed by atoms with Crippen molar-refractivity contribution in [2.45, 2.75) is 11.4 Å². The Hall–Kier alpha value is -1.45. The van der Waals surface area contributed by atoms with Crippen molar-refractivity contribution in [1.29, 1.82) is 0 Å². The van der Waals surface area contributed by atoms with E-state index in [0.717, 1.165) is 4.90 Å². The van der Waals surface area contributed by atoms with Crippen molar-refractivity contribution < 1.29 is 24.2 Å². The zero-order chi connectivity index (χ0) is 13.4. The second-order valence-electron chi connectivity index (χ2n) is 3.80. The standard InChI is InChI=1S/C9H11N3O5S.ClH/c10-4-6(13)12-5(8(14)15)3(1-17-9(11)16)2-18-7(4)12;/h4,7H,1-2,10H2,(H2,11,16)(H,14,15);1H/t4-,7-;/m1./s1. The predicted molar refractivity (Wildman–Crippen MR) is 68.5 cm³/mol. The van der Waals surface area contributed by atoms with Crippen molar-refractivity contribution in [2.75, 3.05) is 12.4 Å². The average Bonchev–Trinajstić information content (AvgIpc) is 2.33. The van der Waals surface area contributed by atoms with Crippen LogP contribution in [-0.4, -0.2) is 51.8 Å². The number of thioether (sulfide) groups is 1. The molecule has 2 aliphatic heterocycles. The summed E-state index contributed by atoms with van der Waals surface area (Å²) in [5, 5.41) is 8.77. The molecule has 0 saturated carbocycles. The monoisotopic (exact) mass is 309 g/mol. The lowest BCUT2D eigenvalue weighted by Crippen LogP contribution is -2.68. The quantitative estimate of drug-likeness (QED) is 0.574. The predicted octanol–water partition coefficient (Wildman–Crippen LogP) is -0.915. The highest BCUT2D eigenvalue weighted by atomic mass is 35.5. The van der Waals surface area contributed by atoms with Crippen LogP contribution < -0.4 is 11.5 Å². The zero-order valence-electron chi connectivity index (χ0n) is 9.57. The maximum Gasteiger partial charge on any atom is 0.404 e. The Bertz CT molecular complexity index is 469. The topological polar surface area (TPSA) is 136 Å². The molecule has 8 nitrogen and oxygen atoms in total. The third kappa shape index (κ3) is 2.62. The van der Waals surface area contributed by atoms with Gasteiger partial charge in [-0.25, -0.2) is 9.59 Å². The highest BCUT2D eigenvalue weighted by Crippen LogP contribution is 2.39. The Balaban J connectivity index is 0.00000180. The lowest BCUT2D eigenvalue weighted by Gasteiger charge is -2.47. The van der Waals surface area contributed by atoms with E-state index >= 15 is 0 Å². The van der Waals surface area contributed by atoms with E-state index < -0.39 is 24.0 Å². The van der Waals surface area contributed by atoms with Crippen LogP contribution in [0.5, 0.6) is 0 Å². The van der Waals surface area contributed by atoms with Crippen molar-refractivity contribution in [3.8, 4) is 0 Å². The van der Waals surface area contributed by atoms with Gasteiger partial charge in [0.05, 0.1) is 0 Å². The van der Waals surface area contributed by atoms with E-state index in [4.69, 9.17) is 16.6 Å². The summed E-state index contributed by atoms with van der Waals surface area (Å²) >= 11 is 1.33. The Morgan fingerprint density at radius 3 is 2.68 bits per heavy atom. The molecule has 2 heterocycles. The molecule has 1 fully saturated rings. The first-order chi connectivity index (χ1) is 8.43. The molecule has 106 valence electrons. The number of aliphatic carboxylic acids is 1. The van der Waals surface area contributed by atoms with E-state index in [1.807, 2.05) is 0 Å². The lowest BCUT2D eigenvalue weighted by atomic mass is 10.0. The minimum Gasteiger partial charge on any atom is -0.477 e. The molecular weight excluding hydrogens is 298 g/mol. The van der Waals surface area contributed by atoms with Gasteiger partial charge in [-0.1, -0.05) is 0 Å². The molecule has 0 spiro atoms.